The SMILES string of the molecule is Nc1c(O)cc(O)c(C2(c3c(O)cc(O)c(N)c3O)C3CC4CC(C3)CC2C4)c1O. The van der Waals surface area contributed by atoms with Gasteiger partial charge >= 0.3 is 0 Å². The Morgan fingerprint density at radius 1 is 0.600 bits per heavy atom. The fraction of sp³-hybridized carbons (Fsp3) is 0.455. The summed E-state index contributed by atoms with van der Waals surface area (Å²) in [6, 6.07) is 2.16. The second-order valence-electron chi connectivity index (χ2n) is 9.28. The van der Waals surface area contributed by atoms with Gasteiger partial charge in [0.15, 0.2) is 0 Å². The highest BCUT2D eigenvalue weighted by atomic mass is 16.3. The Kier molecular flexibility index (Phi) is 3.73. The number of hydrogen-bond acceptors (Lipinski definition) is 8. The monoisotopic (exact) mass is 414 g/mol. The molecule has 0 aliphatic heterocycles. The molecule has 0 radical (unpaired) electrons. The van der Waals surface area contributed by atoms with Gasteiger partial charge in [-0.25, -0.2) is 0 Å². The fourth-order valence-corrected chi connectivity index (χ4v) is 7.00. The molecule has 160 valence electrons. The zero-order chi connectivity index (χ0) is 21.5. The molecule has 0 spiro atoms. The first-order valence-corrected chi connectivity index (χ1v) is 10.2. The summed E-state index contributed by atoms with van der Waals surface area (Å²) in [6.07, 6.45) is 4.33. The van der Waals surface area contributed by atoms with Crippen molar-refractivity contribution in [2.75, 3.05) is 11.5 Å². The van der Waals surface area contributed by atoms with Crippen LogP contribution in [0.3, 0.4) is 0 Å². The number of phenolic OH excluding ortho intramolecular Hbond substituents is 6. The number of benzene rings is 2. The van der Waals surface area contributed by atoms with Crippen molar-refractivity contribution in [3.8, 4) is 34.5 Å². The van der Waals surface area contributed by atoms with Crippen LogP contribution in [0.1, 0.15) is 43.2 Å². The molecule has 0 saturated heterocycles. The van der Waals surface area contributed by atoms with Gasteiger partial charge in [-0.15, -0.1) is 0 Å². The normalized spacial score (nSPS) is 28.7. The van der Waals surface area contributed by atoms with Crippen LogP contribution >= 0.6 is 0 Å². The van der Waals surface area contributed by atoms with Gasteiger partial charge in [-0.1, -0.05) is 0 Å². The Morgan fingerprint density at radius 3 is 1.33 bits per heavy atom. The minimum absolute atomic E-state index is 0.0855. The molecule has 0 unspecified atom stereocenters. The van der Waals surface area contributed by atoms with Crippen molar-refractivity contribution in [2.24, 2.45) is 23.7 Å². The van der Waals surface area contributed by atoms with E-state index in [-0.39, 0.29) is 45.8 Å². The highest BCUT2D eigenvalue weighted by molar-refractivity contribution is 5.77. The van der Waals surface area contributed by atoms with Gasteiger partial charge in [-0.3, -0.25) is 0 Å². The molecule has 0 heterocycles. The Morgan fingerprint density at radius 2 is 0.967 bits per heavy atom. The van der Waals surface area contributed by atoms with E-state index in [4.69, 9.17) is 11.5 Å². The molecule has 4 saturated carbocycles. The van der Waals surface area contributed by atoms with Crippen molar-refractivity contribution < 1.29 is 30.6 Å². The highest BCUT2D eigenvalue weighted by Crippen LogP contribution is 2.70. The molecule has 6 rings (SSSR count). The predicted octanol–water partition coefficient (Wildman–Crippen LogP) is 2.83. The maximum atomic E-state index is 11.0. The smallest absolute Gasteiger partial charge is 0.150 e. The molecule has 0 aromatic heterocycles. The van der Waals surface area contributed by atoms with Crippen LogP contribution in [0.5, 0.6) is 34.5 Å². The molecule has 4 bridgehead atoms. The molecule has 8 nitrogen and oxygen atoms in total. The average molecular weight is 414 g/mol. The van der Waals surface area contributed by atoms with Gasteiger partial charge in [-0.05, 0) is 55.8 Å². The summed E-state index contributed by atoms with van der Waals surface area (Å²) in [7, 11) is 0. The fourth-order valence-electron chi connectivity index (χ4n) is 7.00. The molecular formula is C22H26N2O6. The molecule has 10 N–H and O–H groups in total. The Bertz CT molecular complexity index is 973. The second kappa shape index (κ2) is 5.93. The molecular weight excluding hydrogens is 388 g/mol. The summed E-state index contributed by atoms with van der Waals surface area (Å²) >= 11 is 0. The molecule has 2 aromatic carbocycles. The van der Waals surface area contributed by atoms with Crippen molar-refractivity contribution in [1.29, 1.82) is 0 Å². The third-order valence-corrected chi connectivity index (χ3v) is 7.85. The van der Waals surface area contributed by atoms with Gasteiger partial charge in [0, 0.05) is 28.7 Å². The molecule has 0 atom stereocenters. The summed E-state index contributed by atoms with van der Waals surface area (Å²) in [5.41, 5.74) is 10.3. The quantitative estimate of drug-likeness (QED) is 0.210. The number of nitrogen functional groups attached to an aromatic ring is 2. The minimum Gasteiger partial charge on any atom is -0.507 e. The Balaban J connectivity index is 1.90. The summed E-state index contributed by atoms with van der Waals surface area (Å²) in [4.78, 5) is 0. The largest absolute Gasteiger partial charge is 0.507 e. The van der Waals surface area contributed by atoms with Crippen LogP contribution in [-0.4, -0.2) is 30.6 Å². The molecule has 8 heteroatoms. The van der Waals surface area contributed by atoms with Gasteiger partial charge in [-0.2, -0.15) is 0 Å². The molecule has 4 aliphatic rings. The maximum absolute atomic E-state index is 11.0. The minimum atomic E-state index is -1.17. The summed E-state index contributed by atoms with van der Waals surface area (Å²) < 4.78 is 0. The lowest BCUT2D eigenvalue weighted by Crippen LogP contribution is -2.56. The molecule has 4 aliphatic carbocycles. The lowest BCUT2D eigenvalue weighted by molar-refractivity contribution is -0.0449. The number of hydrogen-bond donors (Lipinski definition) is 8. The molecule has 4 fully saturated rings. The number of nitrogens with two attached hydrogens (primary N) is 2. The Labute approximate surface area is 173 Å². The van der Waals surface area contributed by atoms with Gasteiger partial charge in [0.2, 0.25) is 0 Å². The second-order valence-corrected chi connectivity index (χ2v) is 9.28. The van der Waals surface area contributed by atoms with E-state index in [0.717, 1.165) is 44.2 Å². The van der Waals surface area contributed by atoms with E-state index in [1.165, 1.54) is 0 Å². The van der Waals surface area contributed by atoms with Crippen LogP contribution in [-0.2, 0) is 5.41 Å². The van der Waals surface area contributed by atoms with E-state index in [1.807, 2.05) is 0 Å². The highest BCUT2D eigenvalue weighted by Gasteiger charge is 2.62. The van der Waals surface area contributed by atoms with E-state index >= 15 is 0 Å². The number of aromatic hydroxyl groups is 6. The molecule has 0 amide bonds. The first-order valence-electron chi connectivity index (χ1n) is 10.2. The standard InChI is InChI=1S/C22H26N2O6/c23-18-14(27)6-12(25)16(20(18)29)22(17-13(26)7-15(28)19(24)21(17)30)10-2-8-1-9(4-10)5-11(22)3-8/h6-11,25-30H,1-5,23-24H2. The van der Waals surface area contributed by atoms with Crippen LogP contribution in [0, 0.1) is 23.7 Å². The summed E-state index contributed by atoms with van der Waals surface area (Å²) in [5.74, 6) is -1.77. The van der Waals surface area contributed by atoms with Crippen LogP contribution < -0.4 is 11.5 Å². The van der Waals surface area contributed by atoms with Gasteiger partial charge in [0.25, 0.3) is 0 Å². The molecule has 30 heavy (non-hydrogen) atoms. The van der Waals surface area contributed by atoms with E-state index in [2.05, 4.69) is 0 Å². The van der Waals surface area contributed by atoms with E-state index in [0.29, 0.717) is 11.8 Å². The van der Waals surface area contributed by atoms with Crippen molar-refractivity contribution in [3.63, 3.8) is 0 Å². The van der Waals surface area contributed by atoms with Crippen LogP contribution in [0.25, 0.3) is 0 Å². The van der Waals surface area contributed by atoms with Crippen LogP contribution in [0.15, 0.2) is 12.1 Å². The summed E-state index contributed by atoms with van der Waals surface area (Å²) in [5, 5.41) is 63.8. The van der Waals surface area contributed by atoms with Crippen molar-refractivity contribution >= 4 is 11.4 Å². The lowest BCUT2D eigenvalue weighted by Gasteiger charge is -2.61. The lowest BCUT2D eigenvalue weighted by atomic mass is 9.42. The molecule has 2 aromatic rings. The van der Waals surface area contributed by atoms with Gasteiger partial charge in [0.05, 0.1) is 0 Å². The van der Waals surface area contributed by atoms with Crippen molar-refractivity contribution in [3.05, 3.63) is 23.3 Å². The summed E-state index contributed by atoms with van der Waals surface area (Å²) in [6.45, 7) is 0. The third-order valence-electron chi connectivity index (χ3n) is 7.85. The maximum Gasteiger partial charge on any atom is 0.150 e. The topological polar surface area (TPSA) is 173 Å². The van der Waals surface area contributed by atoms with Gasteiger partial charge < -0.3 is 42.1 Å². The van der Waals surface area contributed by atoms with Crippen LogP contribution in [0.2, 0.25) is 0 Å². The number of rotatable bonds is 2. The Hall–Kier alpha value is -3.16. The third kappa shape index (κ3) is 2.16. The number of anilines is 2. The average Bonchev–Trinajstić information content (AvgIpc) is 2.67. The zero-order valence-electron chi connectivity index (χ0n) is 16.3. The first-order chi connectivity index (χ1) is 14.2. The van der Waals surface area contributed by atoms with E-state index in [1.54, 1.807) is 0 Å². The van der Waals surface area contributed by atoms with Gasteiger partial charge in [0.1, 0.15) is 45.9 Å². The number of phenols is 6. The zero-order valence-corrected chi connectivity index (χ0v) is 16.3. The van der Waals surface area contributed by atoms with Crippen molar-refractivity contribution in [1.82, 2.24) is 0 Å². The predicted molar refractivity (Wildman–Crippen MR) is 110 cm³/mol. The van der Waals surface area contributed by atoms with E-state index in [9.17, 15) is 30.6 Å². The first kappa shape index (κ1) is 18.8. The van der Waals surface area contributed by atoms with Crippen molar-refractivity contribution in [2.45, 2.75) is 37.5 Å². The van der Waals surface area contributed by atoms with E-state index < -0.39 is 28.4 Å². The van der Waals surface area contributed by atoms with Crippen LogP contribution in [0.4, 0.5) is 11.4 Å².